The first-order valence-corrected chi connectivity index (χ1v) is 8.41. The molecule has 2 amide bonds. The van der Waals surface area contributed by atoms with Crippen molar-refractivity contribution in [2.24, 2.45) is 0 Å². The van der Waals surface area contributed by atoms with E-state index in [1.807, 2.05) is 0 Å². The summed E-state index contributed by atoms with van der Waals surface area (Å²) in [6.45, 7) is 1.47. The third kappa shape index (κ3) is 3.62. The van der Waals surface area contributed by atoms with Crippen LogP contribution in [0.2, 0.25) is 0 Å². The number of nitrogens with zero attached hydrogens (tertiary/aromatic N) is 1. The maximum Gasteiger partial charge on any atom is 0.256 e. The van der Waals surface area contributed by atoms with Gasteiger partial charge in [0.2, 0.25) is 5.91 Å². The molecular formula is C20H20N2O5. The lowest BCUT2D eigenvalue weighted by atomic mass is 10.1. The summed E-state index contributed by atoms with van der Waals surface area (Å²) >= 11 is 0. The quantitative estimate of drug-likeness (QED) is 0.623. The molecule has 7 heteroatoms. The van der Waals surface area contributed by atoms with Crippen LogP contribution < -0.4 is 19.7 Å². The molecule has 3 rings (SSSR count). The second-order valence-corrected chi connectivity index (χ2v) is 6.14. The molecule has 2 aromatic rings. The summed E-state index contributed by atoms with van der Waals surface area (Å²) in [7, 11) is 3.00. The van der Waals surface area contributed by atoms with Gasteiger partial charge in [0.25, 0.3) is 5.91 Å². The summed E-state index contributed by atoms with van der Waals surface area (Å²) in [5.74, 6) is 0.199. The fourth-order valence-electron chi connectivity index (χ4n) is 3.01. The maximum atomic E-state index is 12.8. The van der Waals surface area contributed by atoms with E-state index >= 15 is 0 Å². The van der Waals surface area contributed by atoms with Gasteiger partial charge in [0.1, 0.15) is 6.04 Å². The lowest BCUT2D eigenvalue weighted by molar-refractivity contribution is -0.121. The number of ketones is 1. The SMILES string of the molecule is COc1ccc(N2C(=O)C[C@H](Nc3cccc(C(C)=O)c3)C2=O)cc1OC. The largest absolute Gasteiger partial charge is 0.493 e. The molecule has 7 nitrogen and oxygen atoms in total. The summed E-state index contributed by atoms with van der Waals surface area (Å²) in [5, 5.41) is 3.05. The number of imide groups is 1. The van der Waals surface area contributed by atoms with Crippen molar-refractivity contribution in [2.75, 3.05) is 24.4 Å². The number of hydrogen-bond donors (Lipinski definition) is 1. The summed E-state index contributed by atoms with van der Waals surface area (Å²) in [4.78, 5) is 37.9. The van der Waals surface area contributed by atoms with Gasteiger partial charge in [-0.15, -0.1) is 0 Å². The first-order chi connectivity index (χ1) is 12.9. The molecule has 0 spiro atoms. The van der Waals surface area contributed by atoms with Crippen LogP contribution in [0, 0.1) is 0 Å². The number of carbonyl (C=O) groups excluding carboxylic acids is 3. The highest BCUT2D eigenvalue weighted by Gasteiger charge is 2.39. The highest BCUT2D eigenvalue weighted by Crippen LogP contribution is 2.34. The van der Waals surface area contributed by atoms with Crippen LogP contribution in [0.1, 0.15) is 23.7 Å². The van der Waals surface area contributed by atoms with Crippen molar-refractivity contribution in [1.82, 2.24) is 0 Å². The van der Waals surface area contributed by atoms with Crippen LogP contribution in [-0.2, 0) is 9.59 Å². The minimum Gasteiger partial charge on any atom is -0.493 e. The van der Waals surface area contributed by atoms with Gasteiger partial charge in [0.05, 0.1) is 26.3 Å². The van der Waals surface area contributed by atoms with E-state index in [0.717, 1.165) is 4.90 Å². The molecule has 0 aliphatic carbocycles. The molecule has 1 fully saturated rings. The van der Waals surface area contributed by atoms with Crippen LogP contribution in [-0.4, -0.2) is 37.9 Å². The van der Waals surface area contributed by atoms with Crippen molar-refractivity contribution in [3.05, 3.63) is 48.0 Å². The van der Waals surface area contributed by atoms with Gasteiger partial charge in [-0.2, -0.15) is 0 Å². The molecule has 1 aliphatic rings. The van der Waals surface area contributed by atoms with Gasteiger partial charge >= 0.3 is 0 Å². The van der Waals surface area contributed by atoms with Gasteiger partial charge in [0.15, 0.2) is 17.3 Å². The molecule has 1 atom stereocenters. The molecule has 0 unspecified atom stereocenters. The summed E-state index contributed by atoms with van der Waals surface area (Å²) in [6.07, 6.45) is 0.0253. The van der Waals surface area contributed by atoms with Crippen molar-refractivity contribution < 1.29 is 23.9 Å². The van der Waals surface area contributed by atoms with E-state index in [1.54, 1.807) is 42.5 Å². The minimum absolute atomic E-state index is 0.0253. The average molecular weight is 368 g/mol. The molecule has 140 valence electrons. The molecule has 1 N–H and O–H groups in total. The molecule has 0 radical (unpaired) electrons. The standard InChI is InChI=1S/C20H20N2O5/c1-12(23)13-5-4-6-14(9-13)21-16-11-19(24)22(20(16)25)15-7-8-17(26-2)18(10-15)27-3/h4-10,16,21H,11H2,1-3H3/t16-/m0/s1. The van der Waals surface area contributed by atoms with Crippen LogP contribution in [0.4, 0.5) is 11.4 Å². The Balaban J connectivity index is 1.83. The Morgan fingerprint density at radius 1 is 1.07 bits per heavy atom. The zero-order valence-electron chi connectivity index (χ0n) is 15.3. The van der Waals surface area contributed by atoms with Crippen LogP contribution >= 0.6 is 0 Å². The van der Waals surface area contributed by atoms with Crippen molar-refractivity contribution in [2.45, 2.75) is 19.4 Å². The maximum absolute atomic E-state index is 12.8. The lowest BCUT2D eigenvalue weighted by Gasteiger charge is -2.18. The highest BCUT2D eigenvalue weighted by molar-refractivity contribution is 6.23. The number of ether oxygens (including phenoxy) is 2. The molecule has 1 heterocycles. The summed E-state index contributed by atoms with van der Waals surface area (Å²) in [6, 6.07) is 11.0. The minimum atomic E-state index is -0.701. The van der Waals surface area contributed by atoms with Crippen LogP contribution in [0.3, 0.4) is 0 Å². The predicted octanol–water partition coefficient (Wildman–Crippen LogP) is 2.65. The number of hydrogen-bond acceptors (Lipinski definition) is 6. The number of methoxy groups -OCH3 is 2. The number of anilines is 2. The Bertz CT molecular complexity index is 909. The van der Waals surface area contributed by atoms with Crippen LogP contribution in [0.15, 0.2) is 42.5 Å². The van der Waals surface area contributed by atoms with Crippen molar-refractivity contribution in [3.8, 4) is 11.5 Å². The Kier molecular flexibility index (Phi) is 5.12. The number of rotatable bonds is 6. The van der Waals surface area contributed by atoms with Crippen molar-refractivity contribution >= 4 is 29.0 Å². The summed E-state index contributed by atoms with van der Waals surface area (Å²) in [5.41, 5.74) is 1.57. The first kappa shape index (κ1) is 18.4. The van der Waals surface area contributed by atoms with E-state index in [-0.39, 0.29) is 24.0 Å². The number of amides is 2. The zero-order chi connectivity index (χ0) is 19.6. The van der Waals surface area contributed by atoms with E-state index in [0.29, 0.717) is 28.4 Å². The van der Waals surface area contributed by atoms with E-state index < -0.39 is 6.04 Å². The van der Waals surface area contributed by atoms with E-state index in [1.165, 1.54) is 21.1 Å². The van der Waals surface area contributed by atoms with Gasteiger partial charge in [-0.1, -0.05) is 12.1 Å². The lowest BCUT2D eigenvalue weighted by Crippen LogP contribution is -2.34. The average Bonchev–Trinajstić information content (AvgIpc) is 2.94. The summed E-state index contributed by atoms with van der Waals surface area (Å²) < 4.78 is 10.4. The van der Waals surface area contributed by atoms with Crippen LogP contribution in [0.5, 0.6) is 11.5 Å². The van der Waals surface area contributed by atoms with Gasteiger partial charge in [-0.3, -0.25) is 14.4 Å². The molecule has 27 heavy (non-hydrogen) atoms. The predicted molar refractivity (Wildman–Crippen MR) is 101 cm³/mol. The number of carbonyl (C=O) groups is 3. The van der Waals surface area contributed by atoms with Crippen molar-refractivity contribution in [3.63, 3.8) is 0 Å². The molecule has 1 aliphatic heterocycles. The Hall–Kier alpha value is -3.35. The Morgan fingerprint density at radius 3 is 2.48 bits per heavy atom. The van der Waals surface area contributed by atoms with E-state index in [4.69, 9.17) is 9.47 Å². The fraction of sp³-hybridized carbons (Fsp3) is 0.250. The fourth-order valence-corrected chi connectivity index (χ4v) is 3.01. The molecule has 0 aromatic heterocycles. The van der Waals surface area contributed by atoms with Gasteiger partial charge < -0.3 is 14.8 Å². The number of Topliss-reactive ketones (excluding diaryl/α,β-unsaturated/α-hetero) is 1. The first-order valence-electron chi connectivity index (χ1n) is 8.41. The molecule has 0 bridgehead atoms. The second-order valence-electron chi connectivity index (χ2n) is 6.14. The van der Waals surface area contributed by atoms with Crippen LogP contribution in [0.25, 0.3) is 0 Å². The van der Waals surface area contributed by atoms with Gasteiger partial charge in [-0.25, -0.2) is 4.90 Å². The normalized spacial score (nSPS) is 16.4. The van der Waals surface area contributed by atoms with Gasteiger partial charge in [-0.05, 0) is 31.2 Å². The van der Waals surface area contributed by atoms with Gasteiger partial charge in [0, 0.05) is 17.3 Å². The Morgan fingerprint density at radius 2 is 1.81 bits per heavy atom. The number of nitrogens with one attached hydrogen (secondary N) is 1. The highest BCUT2D eigenvalue weighted by atomic mass is 16.5. The Labute approximate surface area is 156 Å². The zero-order valence-corrected chi connectivity index (χ0v) is 15.3. The second kappa shape index (κ2) is 7.49. The third-order valence-corrected chi connectivity index (χ3v) is 4.38. The molecular weight excluding hydrogens is 348 g/mol. The van der Waals surface area contributed by atoms with E-state index in [2.05, 4.69) is 5.32 Å². The molecule has 1 saturated heterocycles. The number of benzene rings is 2. The van der Waals surface area contributed by atoms with E-state index in [9.17, 15) is 14.4 Å². The topological polar surface area (TPSA) is 84.9 Å². The third-order valence-electron chi connectivity index (χ3n) is 4.38. The molecule has 2 aromatic carbocycles. The monoisotopic (exact) mass is 368 g/mol. The van der Waals surface area contributed by atoms with Crippen molar-refractivity contribution in [1.29, 1.82) is 0 Å². The molecule has 0 saturated carbocycles. The smallest absolute Gasteiger partial charge is 0.256 e.